The van der Waals surface area contributed by atoms with Gasteiger partial charge < -0.3 is 0 Å². The van der Waals surface area contributed by atoms with Gasteiger partial charge in [0.15, 0.2) is 0 Å². The second-order valence-electron chi connectivity index (χ2n) is 3.65. The summed E-state index contributed by atoms with van der Waals surface area (Å²) in [6, 6.07) is 0. The van der Waals surface area contributed by atoms with Crippen LogP contribution in [-0.4, -0.2) is 20.7 Å². The third-order valence-electron chi connectivity index (χ3n) is 2.07. The Kier molecular flexibility index (Phi) is 9.04. The van der Waals surface area contributed by atoms with E-state index in [1.54, 1.807) is 0 Å². The molecule has 0 aromatic heterocycles. The average Bonchev–Trinajstić information content (AvgIpc) is 2.17. The normalized spacial score (nSPS) is 11.9. The van der Waals surface area contributed by atoms with Crippen LogP contribution in [0, 0.1) is 0 Å². The highest BCUT2D eigenvalue weighted by Gasteiger charge is 2.09. The van der Waals surface area contributed by atoms with Gasteiger partial charge in [0.2, 0.25) is 0 Å². The Morgan fingerprint density at radius 3 is 2.20 bits per heavy atom. The first-order valence-corrected chi connectivity index (χ1v) is 7.34. The number of hydrogen-bond donors (Lipinski definition) is 1. The SMILES string of the molecule is CCCCCNOS(=O)(=O)CCCCC. The summed E-state index contributed by atoms with van der Waals surface area (Å²) in [5.41, 5.74) is 2.50. The fourth-order valence-corrected chi connectivity index (χ4v) is 2.05. The van der Waals surface area contributed by atoms with E-state index < -0.39 is 10.1 Å². The van der Waals surface area contributed by atoms with Gasteiger partial charge in [0.1, 0.15) is 0 Å². The fourth-order valence-electron chi connectivity index (χ4n) is 1.15. The molecular weight excluding hydrogens is 214 g/mol. The molecule has 0 fully saturated rings. The average molecular weight is 237 g/mol. The van der Waals surface area contributed by atoms with Gasteiger partial charge in [0, 0.05) is 6.54 Å². The van der Waals surface area contributed by atoms with E-state index in [2.05, 4.69) is 16.7 Å². The topological polar surface area (TPSA) is 55.4 Å². The molecule has 0 saturated heterocycles. The summed E-state index contributed by atoms with van der Waals surface area (Å²) in [5, 5.41) is 0. The fraction of sp³-hybridized carbons (Fsp3) is 1.00. The summed E-state index contributed by atoms with van der Waals surface area (Å²) < 4.78 is 27.2. The first-order valence-electron chi connectivity index (χ1n) is 5.76. The van der Waals surface area contributed by atoms with E-state index in [-0.39, 0.29) is 5.75 Å². The van der Waals surface area contributed by atoms with Crippen molar-refractivity contribution in [1.82, 2.24) is 5.48 Å². The first-order chi connectivity index (χ1) is 7.12. The Labute approximate surface area is 93.5 Å². The highest BCUT2D eigenvalue weighted by Crippen LogP contribution is 2.00. The lowest BCUT2D eigenvalue weighted by atomic mass is 10.3. The maximum Gasteiger partial charge on any atom is 0.283 e. The summed E-state index contributed by atoms with van der Waals surface area (Å²) in [4.78, 5) is 0. The second kappa shape index (κ2) is 9.12. The maximum absolute atomic E-state index is 11.3. The van der Waals surface area contributed by atoms with E-state index in [0.717, 1.165) is 32.1 Å². The molecule has 0 heterocycles. The summed E-state index contributed by atoms with van der Waals surface area (Å²) in [6.07, 6.45) is 5.77. The molecule has 5 heteroatoms. The van der Waals surface area contributed by atoms with Crippen LogP contribution in [-0.2, 0) is 14.4 Å². The van der Waals surface area contributed by atoms with Gasteiger partial charge in [-0.15, -0.1) is 0 Å². The Morgan fingerprint density at radius 2 is 1.60 bits per heavy atom. The Balaban J connectivity index is 3.47. The molecule has 92 valence electrons. The zero-order valence-electron chi connectivity index (χ0n) is 9.79. The quantitative estimate of drug-likeness (QED) is 0.467. The van der Waals surface area contributed by atoms with Crippen molar-refractivity contribution in [2.75, 3.05) is 12.3 Å². The molecule has 4 nitrogen and oxygen atoms in total. The zero-order valence-corrected chi connectivity index (χ0v) is 10.6. The van der Waals surface area contributed by atoms with E-state index in [1.807, 2.05) is 6.92 Å². The van der Waals surface area contributed by atoms with Crippen LogP contribution in [0.15, 0.2) is 0 Å². The molecule has 0 aliphatic carbocycles. The van der Waals surface area contributed by atoms with Crippen LogP contribution in [0.5, 0.6) is 0 Å². The summed E-state index contributed by atoms with van der Waals surface area (Å²) in [7, 11) is -3.35. The summed E-state index contributed by atoms with van der Waals surface area (Å²) in [6.45, 7) is 4.74. The smallest absolute Gasteiger partial charge is 0.198 e. The molecule has 0 rings (SSSR count). The monoisotopic (exact) mass is 237 g/mol. The number of nitrogens with one attached hydrogen (secondary N) is 1. The molecule has 0 unspecified atom stereocenters. The first kappa shape index (κ1) is 14.9. The van der Waals surface area contributed by atoms with Gasteiger partial charge in [-0.25, -0.2) is 0 Å². The van der Waals surface area contributed by atoms with E-state index >= 15 is 0 Å². The molecule has 0 bridgehead atoms. The van der Waals surface area contributed by atoms with Crippen LogP contribution in [0.4, 0.5) is 0 Å². The molecule has 0 aromatic rings. The molecule has 0 spiro atoms. The van der Waals surface area contributed by atoms with E-state index in [9.17, 15) is 8.42 Å². The van der Waals surface area contributed by atoms with E-state index in [4.69, 9.17) is 0 Å². The van der Waals surface area contributed by atoms with Crippen molar-refractivity contribution < 1.29 is 12.7 Å². The number of unbranched alkanes of at least 4 members (excludes halogenated alkanes) is 4. The lowest BCUT2D eigenvalue weighted by Crippen LogP contribution is -2.23. The minimum atomic E-state index is -3.35. The summed E-state index contributed by atoms with van der Waals surface area (Å²) in [5.74, 6) is 0.113. The van der Waals surface area contributed by atoms with Gasteiger partial charge in [-0.1, -0.05) is 39.5 Å². The molecule has 0 amide bonds. The largest absolute Gasteiger partial charge is 0.283 e. The van der Waals surface area contributed by atoms with Crippen LogP contribution in [0.2, 0.25) is 0 Å². The number of rotatable bonds is 10. The predicted octanol–water partition coefficient (Wildman–Crippen LogP) is 2.22. The van der Waals surface area contributed by atoms with Crippen molar-refractivity contribution in [3.05, 3.63) is 0 Å². The zero-order chi connectivity index (χ0) is 11.6. The van der Waals surface area contributed by atoms with Gasteiger partial charge in [-0.05, 0) is 12.8 Å². The Hall–Kier alpha value is -0.130. The molecule has 1 N–H and O–H groups in total. The minimum Gasteiger partial charge on any atom is -0.198 e. The predicted molar refractivity (Wildman–Crippen MR) is 61.9 cm³/mol. The molecule has 15 heavy (non-hydrogen) atoms. The minimum absolute atomic E-state index is 0.113. The van der Waals surface area contributed by atoms with Gasteiger partial charge in [0.05, 0.1) is 5.75 Å². The molecule has 0 aliphatic rings. The van der Waals surface area contributed by atoms with Crippen LogP contribution < -0.4 is 5.48 Å². The lowest BCUT2D eigenvalue weighted by Gasteiger charge is -2.05. The van der Waals surface area contributed by atoms with Crippen molar-refractivity contribution in [3.63, 3.8) is 0 Å². The van der Waals surface area contributed by atoms with Crippen LogP contribution in [0.25, 0.3) is 0 Å². The highest BCUT2D eigenvalue weighted by atomic mass is 32.2. The molecule has 0 radical (unpaired) electrons. The van der Waals surface area contributed by atoms with Crippen LogP contribution in [0.1, 0.15) is 52.4 Å². The van der Waals surface area contributed by atoms with Crippen molar-refractivity contribution in [2.45, 2.75) is 52.4 Å². The maximum atomic E-state index is 11.3. The van der Waals surface area contributed by atoms with Gasteiger partial charge in [0.25, 0.3) is 10.1 Å². The summed E-state index contributed by atoms with van der Waals surface area (Å²) >= 11 is 0. The van der Waals surface area contributed by atoms with Crippen molar-refractivity contribution >= 4 is 10.1 Å². The Morgan fingerprint density at radius 1 is 1.00 bits per heavy atom. The van der Waals surface area contributed by atoms with Crippen molar-refractivity contribution in [3.8, 4) is 0 Å². The third kappa shape index (κ3) is 10.2. The van der Waals surface area contributed by atoms with E-state index in [1.165, 1.54) is 0 Å². The molecule has 0 aromatic carbocycles. The Bertz CT molecular complexity index is 227. The number of hydroxylamine groups is 1. The lowest BCUT2D eigenvalue weighted by molar-refractivity contribution is 0.201. The molecule has 0 aliphatic heterocycles. The molecule has 0 saturated carbocycles. The van der Waals surface area contributed by atoms with Gasteiger partial charge in [-0.3, -0.25) is 0 Å². The van der Waals surface area contributed by atoms with Gasteiger partial charge >= 0.3 is 0 Å². The third-order valence-corrected chi connectivity index (χ3v) is 3.23. The highest BCUT2D eigenvalue weighted by molar-refractivity contribution is 7.86. The van der Waals surface area contributed by atoms with Crippen LogP contribution >= 0.6 is 0 Å². The van der Waals surface area contributed by atoms with Gasteiger partial charge in [-0.2, -0.15) is 18.2 Å². The molecular formula is C10H23NO3S. The standard InChI is InChI=1S/C10H23NO3S/c1-3-5-7-9-11-14-15(12,13)10-8-6-4-2/h11H,3-10H2,1-2H3. The van der Waals surface area contributed by atoms with Crippen molar-refractivity contribution in [1.29, 1.82) is 0 Å². The number of hydrogen-bond acceptors (Lipinski definition) is 4. The second-order valence-corrected chi connectivity index (χ2v) is 5.34. The van der Waals surface area contributed by atoms with E-state index in [0.29, 0.717) is 13.0 Å². The van der Waals surface area contributed by atoms with Crippen molar-refractivity contribution in [2.24, 2.45) is 0 Å². The molecule has 0 atom stereocenters. The van der Waals surface area contributed by atoms with Crippen LogP contribution in [0.3, 0.4) is 0 Å².